The molecule has 0 atom stereocenters. The molecule has 3 aromatic rings. The van der Waals surface area contributed by atoms with Gasteiger partial charge in [-0.05, 0) is 26.0 Å². The van der Waals surface area contributed by atoms with E-state index in [-0.39, 0.29) is 0 Å². The van der Waals surface area contributed by atoms with Gasteiger partial charge in [-0.3, -0.25) is 0 Å². The number of aryl methyl sites for hydroxylation is 2. The monoisotopic (exact) mass is 266 g/mol. The SMILES string of the molecule is Cc1cc(C)cc(-c2ncn(/C=C\c3cnco3)n2)c1. The summed E-state index contributed by atoms with van der Waals surface area (Å²) in [5.41, 5.74) is 3.43. The van der Waals surface area contributed by atoms with Gasteiger partial charge in [0.2, 0.25) is 0 Å². The molecule has 0 N–H and O–H groups in total. The van der Waals surface area contributed by atoms with Crippen LogP contribution in [0, 0.1) is 13.8 Å². The minimum atomic E-state index is 0.674. The molecule has 2 heterocycles. The highest BCUT2D eigenvalue weighted by atomic mass is 16.3. The quantitative estimate of drug-likeness (QED) is 0.730. The summed E-state index contributed by atoms with van der Waals surface area (Å²) < 4.78 is 6.77. The van der Waals surface area contributed by atoms with Gasteiger partial charge in [-0.25, -0.2) is 14.6 Å². The fourth-order valence-corrected chi connectivity index (χ4v) is 2.04. The van der Waals surface area contributed by atoms with Crippen LogP contribution in [0.2, 0.25) is 0 Å². The molecule has 20 heavy (non-hydrogen) atoms. The van der Waals surface area contributed by atoms with Crippen molar-refractivity contribution in [2.24, 2.45) is 0 Å². The zero-order chi connectivity index (χ0) is 13.9. The fraction of sp³-hybridized carbons (Fsp3) is 0.133. The van der Waals surface area contributed by atoms with Crippen LogP contribution in [0.5, 0.6) is 0 Å². The summed E-state index contributed by atoms with van der Waals surface area (Å²) in [5.74, 6) is 1.38. The van der Waals surface area contributed by atoms with Gasteiger partial charge in [-0.1, -0.05) is 17.2 Å². The van der Waals surface area contributed by atoms with Crippen LogP contribution >= 0.6 is 0 Å². The second-order valence-electron chi connectivity index (χ2n) is 4.64. The molecule has 0 saturated carbocycles. The molecule has 0 aliphatic rings. The summed E-state index contributed by atoms with van der Waals surface area (Å²) in [4.78, 5) is 8.17. The minimum Gasteiger partial charge on any atom is -0.444 e. The average molecular weight is 266 g/mol. The van der Waals surface area contributed by atoms with E-state index in [4.69, 9.17) is 4.42 Å². The zero-order valence-corrected chi connectivity index (χ0v) is 11.3. The van der Waals surface area contributed by atoms with Gasteiger partial charge in [-0.2, -0.15) is 0 Å². The van der Waals surface area contributed by atoms with Crippen molar-refractivity contribution in [3.8, 4) is 11.4 Å². The second kappa shape index (κ2) is 5.13. The van der Waals surface area contributed by atoms with Crippen molar-refractivity contribution >= 4 is 12.3 Å². The molecule has 0 amide bonds. The van der Waals surface area contributed by atoms with Crippen LogP contribution in [0.1, 0.15) is 16.9 Å². The van der Waals surface area contributed by atoms with E-state index >= 15 is 0 Å². The third-order valence-corrected chi connectivity index (χ3v) is 2.83. The molecule has 100 valence electrons. The largest absolute Gasteiger partial charge is 0.444 e. The normalized spacial score (nSPS) is 11.3. The Morgan fingerprint density at radius 1 is 1.15 bits per heavy atom. The highest BCUT2D eigenvalue weighted by molar-refractivity contribution is 5.59. The number of nitrogens with zero attached hydrogens (tertiary/aromatic N) is 4. The van der Waals surface area contributed by atoms with Gasteiger partial charge in [0.05, 0.1) is 6.20 Å². The summed E-state index contributed by atoms with van der Waals surface area (Å²) in [7, 11) is 0. The van der Waals surface area contributed by atoms with Crippen molar-refractivity contribution in [3.05, 3.63) is 54.0 Å². The Kier molecular flexibility index (Phi) is 3.16. The molecule has 5 nitrogen and oxygen atoms in total. The molecule has 0 unspecified atom stereocenters. The molecule has 3 rings (SSSR count). The summed E-state index contributed by atoms with van der Waals surface area (Å²) in [6.07, 6.45) is 8.26. The van der Waals surface area contributed by atoms with Gasteiger partial charge < -0.3 is 4.42 Å². The highest BCUT2D eigenvalue weighted by Gasteiger charge is 2.04. The summed E-state index contributed by atoms with van der Waals surface area (Å²) in [6.45, 7) is 4.13. The number of oxazole rings is 1. The standard InChI is InChI=1S/C15H14N4O/c1-11-5-12(2)7-13(6-11)15-17-9-19(18-15)4-3-14-8-16-10-20-14/h3-10H,1-2H3/b4-3-. The van der Waals surface area contributed by atoms with E-state index < -0.39 is 0 Å². The first-order valence-corrected chi connectivity index (χ1v) is 6.27. The van der Waals surface area contributed by atoms with Crippen LogP contribution in [-0.4, -0.2) is 19.7 Å². The molecule has 0 fully saturated rings. The predicted octanol–water partition coefficient (Wildman–Crippen LogP) is 3.18. The van der Waals surface area contributed by atoms with Crippen molar-refractivity contribution in [2.75, 3.05) is 0 Å². The molecule has 0 spiro atoms. The van der Waals surface area contributed by atoms with E-state index in [2.05, 4.69) is 47.1 Å². The van der Waals surface area contributed by atoms with Crippen LogP contribution in [0.3, 0.4) is 0 Å². The van der Waals surface area contributed by atoms with E-state index in [0.29, 0.717) is 11.6 Å². The van der Waals surface area contributed by atoms with Crippen molar-refractivity contribution in [2.45, 2.75) is 13.8 Å². The molecule has 0 aliphatic heterocycles. The lowest BCUT2D eigenvalue weighted by molar-refractivity contribution is 0.548. The number of benzene rings is 1. The lowest BCUT2D eigenvalue weighted by Gasteiger charge is -2.00. The van der Waals surface area contributed by atoms with Crippen molar-refractivity contribution in [1.29, 1.82) is 0 Å². The third kappa shape index (κ3) is 2.66. The lowest BCUT2D eigenvalue weighted by atomic mass is 10.1. The average Bonchev–Trinajstić information content (AvgIpc) is 3.07. The third-order valence-electron chi connectivity index (χ3n) is 2.83. The van der Waals surface area contributed by atoms with Crippen molar-refractivity contribution < 1.29 is 4.42 Å². The van der Waals surface area contributed by atoms with E-state index in [1.54, 1.807) is 29.5 Å². The van der Waals surface area contributed by atoms with Gasteiger partial charge in [0.15, 0.2) is 12.2 Å². The predicted molar refractivity (Wildman–Crippen MR) is 76.7 cm³/mol. The van der Waals surface area contributed by atoms with E-state index in [9.17, 15) is 0 Å². The maximum atomic E-state index is 5.12. The van der Waals surface area contributed by atoms with Crippen LogP contribution in [0.4, 0.5) is 0 Å². The highest BCUT2D eigenvalue weighted by Crippen LogP contribution is 2.18. The van der Waals surface area contributed by atoms with E-state index in [0.717, 1.165) is 5.56 Å². The Hall–Kier alpha value is -2.69. The lowest BCUT2D eigenvalue weighted by Crippen LogP contribution is -1.88. The van der Waals surface area contributed by atoms with Crippen LogP contribution in [0.15, 0.2) is 41.5 Å². The Balaban J connectivity index is 1.86. The topological polar surface area (TPSA) is 56.7 Å². The van der Waals surface area contributed by atoms with Gasteiger partial charge in [0, 0.05) is 17.8 Å². The maximum Gasteiger partial charge on any atom is 0.181 e. The first-order chi connectivity index (χ1) is 9.70. The van der Waals surface area contributed by atoms with Gasteiger partial charge >= 0.3 is 0 Å². The zero-order valence-electron chi connectivity index (χ0n) is 11.3. The molecule has 0 aliphatic carbocycles. The number of aromatic nitrogens is 4. The number of rotatable bonds is 3. The maximum absolute atomic E-state index is 5.12. The van der Waals surface area contributed by atoms with Crippen LogP contribution in [-0.2, 0) is 0 Å². The molecular formula is C15H14N4O. The Bertz CT molecular complexity index is 721. The molecule has 2 aromatic heterocycles. The molecule has 5 heteroatoms. The molecule has 0 bridgehead atoms. The summed E-state index contributed by atoms with van der Waals surface area (Å²) in [6, 6.07) is 6.28. The Morgan fingerprint density at radius 2 is 1.95 bits per heavy atom. The first kappa shape index (κ1) is 12.3. The van der Waals surface area contributed by atoms with Crippen molar-refractivity contribution in [1.82, 2.24) is 19.7 Å². The van der Waals surface area contributed by atoms with Crippen molar-refractivity contribution in [3.63, 3.8) is 0 Å². The minimum absolute atomic E-state index is 0.674. The first-order valence-electron chi connectivity index (χ1n) is 6.27. The van der Waals surface area contributed by atoms with Crippen LogP contribution < -0.4 is 0 Å². The number of hydrogen-bond acceptors (Lipinski definition) is 4. The summed E-state index contributed by atoms with van der Waals surface area (Å²) in [5, 5.41) is 4.42. The Labute approximate surface area is 116 Å². The molecule has 0 saturated heterocycles. The smallest absolute Gasteiger partial charge is 0.181 e. The van der Waals surface area contributed by atoms with Crippen LogP contribution in [0.25, 0.3) is 23.7 Å². The summed E-state index contributed by atoms with van der Waals surface area (Å²) >= 11 is 0. The Morgan fingerprint density at radius 3 is 2.65 bits per heavy atom. The number of hydrogen-bond donors (Lipinski definition) is 0. The molecule has 0 radical (unpaired) electrons. The van der Waals surface area contributed by atoms with Gasteiger partial charge in [-0.15, -0.1) is 5.10 Å². The van der Waals surface area contributed by atoms with E-state index in [1.165, 1.54) is 17.5 Å². The van der Waals surface area contributed by atoms with E-state index in [1.807, 2.05) is 0 Å². The molecule has 1 aromatic carbocycles. The fourth-order valence-electron chi connectivity index (χ4n) is 2.04. The van der Waals surface area contributed by atoms with Gasteiger partial charge in [0.25, 0.3) is 0 Å². The molecular weight excluding hydrogens is 252 g/mol. The second-order valence-corrected chi connectivity index (χ2v) is 4.64. The van der Waals surface area contributed by atoms with Gasteiger partial charge in [0.1, 0.15) is 12.1 Å².